The topological polar surface area (TPSA) is 142 Å². The summed E-state index contributed by atoms with van der Waals surface area (Å²) in [6.07, 6.45) is 1.80. The summed E-state index contributed by atoms with van der Waals surface area (Å²) < 4.78 is 26.3. The van der Waals surface area contributed by atoms with Crippen LogP contribution in [-0.4, -0.2) is 64.7 Å². The van der Waals surface area contributed by atoms with Crippen LogP contribution in [0.4, 0.5) is 21.8 Å². The number of anilines is 3. The summed E-state index contributed by atoms with van der Waals surface area (Å²) >= 11 is 0. The number of ether oxygens (including phenoxy) is 1. The van der Waals surface area contributed by atoms with Gasteiger partial charge < -0.3 is 24.7 Å². The minimum absolute atomic E-state index is 0.0955. The lowest BCUT2D eigenvalue weighted by Gasteiger charge is -2.29. The van der Waals surface area contributed by atoms with Crippen LogP contribution in [0.15, 0.2) is 70.2 Å². The zero-order valence-corrected chi connectivity index (χ0v) is 21.7. The average molecular weight is 551 g/mol. The van der Waals surface area contributed by atoms with Crippen molar-refractivity contribution >= 4 is 29.0 Å². The fourth-order valence-electron chi connectivity index (χ4n) is 5.24. The second-order valence-corrected chi connectivity index (χ2v) is 9.98. The molecule has 7 rings (SSSR count). The fourth-order valence-corrected chi connectivity index (χ4v) is 5.24. The molecule has 1 spiro atoms. The van der Waals surface area contributed by atoms with Gasteiger partial charge >= 0.3 is 6.01 Å². The molecule has 2 N–H and O–H groups in total. The van der Waals surface area contributed by atoms with Gasteiger partial charge in [0, 0.05) is 36.8 Å². The minimum Gasteiger partial charge on any atom is -0.402 e. The Morgan fingerprint density at radius 3 is 2.76 bits per heavy atom. The van der Waals surface area contributed by atoms with E-state index in [1.165, 1.54) is 12.3 Å². The minimum atomic E-state index is -1.20. The summed E-state index contributed by atoms with van der Waals surface area (Å²) in [5.74, 6) is -0.786. The Balaban J connectivity index is 1.20. The molecule has 1 saturated carbocycles. The van der Waals surface area contributed by atoms with E-state index in [0.717, 1.165) is 5.56 Å². The zero-order valence-electron chi connectivity index (χ0n) is 21.7. The van der Waals surface area contributed by atoms with E-state index in [9.17, 15) is 14.4 Å². The number of pyridine rings is 1. The van der Waals surface area contributed by atoms with Crippen molar-refractivity contribution in [1.29, 1.82) is 5.26 Å². The van der Waals surface area contributed by atoms with Crippen molar-refractivity contribution in [2.24, 2.45) is 4.99 Å². The van der Waals surface area contributed by atoms with Crippen LogP contribution in [0.1, 0.15) is 23.1 Å². The normalized spacial score (nSPS) is 21.4. The van der Waals surface area contributed by atoms with E-state index in [4.69, 9.17) is 14.1 Å². The number of nitriles is 1. The number of aliphatic imine (C=N–C) groups is 1. The molecule has 2 unspecified atom stereocenters. The fraction of sp³-hybridized carbons (Fsp3) is 0.241. The summed E-state index contributed by atoms with van der Waals surface area (Å²) in [7, 11) is 0. The Morgan fingerprint density at radius 2 is 1.95 bits per heavy atom. The van der Waals surface area contributed by atoms with Gasteiger partial charge in [-0.15, -0.1) is 5.10 Å². The number of halogens is 1. The predicted molar refractivity (Wildman–Crippen MR) is 147 cm³/mol. The van der Waals surface area contributed by atoms with Gasteiger partial charge in [0.2, 0.25) is 0 Å². The number of benzene rings is 2. The summed E-state index contributed by atoms with van der Waals surface area (Å²) in [6.45, 7) is 2.37. The van der Waals surface area contributed by atoms with E-state index in [-0.39, 0.29) is 17.6 Å². The van der Waals surface area contributed by atoms with Crippen LogP contribution in [-0.2, 0) is 9.53 Å². The van der Waals surface area contributed by atoms with Crippen LogP contribution >= 0.6 is 0 Å². The van der Waals surface area contributed by atoms with Gasteiger partial charge in [0.15, 0.2) is 11.2 Å². The highest BCUT2D eigenvalue weighted by atomic mass is 19.1. The zero-order chi connectivity index (χ0) is 28.0. The van der Waals surface area contributed by atoms with E-state index in [0.29, 0.717) is 60.9 Å². The number of nitrogens with zero attached hydrogens (tertiary/aromatic N) is 6. The molecule has 1 saturated heterocycles. The maximum Gasteiger partial charge on any atom is 0.316 e. The predicted octanol–water partition coefficient (Wildman–Crippen LogP) is 3.39. The number of para-hydroxylation sites is 1. The number of rotatable bonds is 5. The first-order valence-corrected chi connectivity index (χ1v) is 13.1. The maximum atomic E-state index is 14.9. The molecule has 0 bridgehead atoms. The van der Waals surface area contributed by atoms with Gasteiger partial charge in [-0.05, 0) is 12.1 Å². The van der Waals surface area contributed by atoms with Crippen molar-refractivity contribution in [2.75, 3.05) is 41.8 Å². The number of hydrogen-bond acceptors (Lipinski definition) is 10. The molecule has 1 aliphatic carbocycles. The molecule has 2 fully saturated rings. The molecule has 3 aliphatic rings. The second kappa shape index (κ2) is 9.79. The van der Waals surface area contributed by atoms with Crippen molar-refractivity contribution < 1.29 is 18.3 Å². The lowest BCUT2D eigenvalue weighted by Crippen LogP contribution is -2.36. The Bertz CT molecular complexity index is 1730. The molecule has 4 heterocycles. The monoisotopic (exact) mass is 550 g/mol. The Morgan fingerprint density at radius 1 is 1.12 bits per heavy atom. The smallest absolute Gasteiger partial charge is 0.316 e. The number of aromatic nitrogens is 3. The summed E-state index contributed by atoms with van der Waals surface area (Å²) in [6, 6.07) is 17.5. The number of carbonyl (C=O) groups is 1. The van der Waals surface area contributed by atoms with Gasteiger partial charge in [-0.25, -0.2) is 9.37 Å². The van der Waals surface area contributed by atoms with Gasteiger partial charge in [0.25, 0.3) is 11.8 Å². The van der Waals surface area contributed by atoms with Crippen LogP contribution in [0.25, 0.3) is 11.6 Å². The molecule has 12 heteroatoms. The highest BCUT2D eigenvalue weighted by Gasteiger charge is 2.62. The van der Waals surface area contributed by atoms with E-state index >= 15 is 0 Å². The molecule has 0 radical (unpaired) electrons. The van der Waals surface area contributed by atoms with Crippen LogP contribution in [0, 0.1) is 17.1 Å². The van der Waals surface area contributed by atoms with Crippen molar-refractivity contribution in [2.45, 2.75) is 18.0 Å². The number of hydrogen-bond donors (Lipinski definition) is 2. The standard InChI is InChI=1S/C29H23FN8O3/c30-20-8-4-7-19-23(18-5-2-1-3-6-18)35-29(27(39)34-24(19)20)14-22(29)33-28-37-36-26(41-28)25-21(13-17(15-31)16-32-25)38-9-11-40-12-10-38/h1-8,13,16,22H,9-12,14H2,(H,33,37)(H,34,39). The van der Waals surface area contributed by atoms with Crippen molar-refractivity contribution in [3.05, 3.63) is 83.3 Å². The summed E-state index contributed by atoms with van der Waals surface area (Å²) in [5.41, 5.74) is 2.26. The van der Waals surface area contributed by atoms with Crippen LogP contribution in [0.3, 0.4) is 0 Å². The van der Waals surface area contributed by atoms with Crippen LogP contribution in [0.5, 0.6) is 0 Å². The quantitative estimate of drug-likeness (QED) is 0.382. The molecule has 41 heavy (non-hydrogen) atoms. The van der Waals surface area contributed by atoms with Gasteiger partial charge in [0.1, 0.15) is 11.9 Å². The highest BCUT2D eigenvalue weighted by Crippen LogP contribution is 2.46. The van der Waals surface area contributed by atoms with Crippen LogP contribution < -0.4 is 15.5 Å². The number of carbonyl (C=O) groups excluding carboxylic acids is 1. The van der Waals surface area contributed by atoms with Crippen molar-refractivity contribution in [3.63, 3.8) is 0 Å². The summed E-state index contributed by atoms with van der Waals surface area (Å²) in [5, 5.41) is 23.6. The SMILES string of the molecule is N#Cc1cnc(-c2nnc(NC3CC34N=C(c3ccccc3)c3cccc(F)c3NC4=O)o2)c(N2CCOCC2)c1. The molecule has 2 aromatic heterocycles. The van der Waals surface area contributed by atoms with Crippen molar-refractivity contribution in [1.82, 2.24) is 15.2 Å². The van der Waals surface area contributed by atoms with Gasteiger partial charge in [-0.2, -0.15) is 5.26 Å². The molecule has 4 aromatic rings. The first-order chi connectivity index (χ1) is 20.1. The lowest BCUT2D eigenvalue weighted by atomic mass is 10.0. The van der Waals surface area contributed by atoms with Crippen LogP contribution in [0.2, 0.25) is 0 Å². The molecule has 1 amide bonds. The summed E-state index contributed by atoms with van der Waals surface area (Å²) in [4.78, 5) is 24.9. The van der Waals surface area contributed by atoms with E-state index < -0.39 is 23.3 Å². The van der Waals surface area contributed by atoms with E-state index in [1.807, 2.05) is 30.3 Å². The van der Waals surface area contributed by atoms with E-state index in [1.54, 1.807) is 18.2 Å². The third-order valence-corrected chi connectivity index (χ3v) is 7.46. The average Bonchev–Trinajstić information content (AvgIpc) is 3.55. The molecule has 204 valence electrons. The Kier molecular flexibility index (Phi) is 5.94. The molecular formula is C29H23FN8O3. The molecule has 2 aromatic carbocycles. The lowest BCUT2D eigenvalue weighted by molar-refractivity contribution is -0.118. The molecule has 2 atom stereocenters. The molecule has 2 aliphatic heterocycles. The number of amides is 1. The van der Waals surface area contributed by atoms with Crippen molar-refractivity contribution in [3.8, 4) is 17.7 Å². The Hall–Kier alpha value is -5.15. The largest absolute Gasteiger partial charge is 0.402 e. The molecule has 11 nitrogen and oxygen atoms in total. The number of nitrogens with one attached hydrogen (secondary N) is 2. The van der Waals surface area contributed by atoms with Gasteiger partial charge in [-0.1, -0.05) is 47.6 Å². The highest BCUT2D eigenvalue weighted by molar-refractivity contribution is 6.21. The van der Waals surface area contributed by atoms with Gasteiger partial charge in [-0.3, -0.25) is 9.79 Å². The van der Waals surface area contributed by atoms with Gasteiger partial charge in [0.05, 0.1) is 41.9 Å². The molecular weight excluding hydrogens is 527 g/mol. The second-order valence-electron chi connectivity index (χ2n) is 9.98. The Labute approximate surface area is 233 Å². The third kappa shape index (κ3) is 4.36. The first-order valence-electron chi connectivity index (χ1n) is 13.1. The maximum absolute atomic E-state index is 14.9. The van der Waals surface area contributed by atoms with E-state index in [2.05, 4.69) is 36.8 Å². The first kappa shape index (κ1) is 24.9. The number of morpholine rings is 1. The number of fused-ring (bicyclic) bond motifs is 1. The third-order valence-electron chi connectivity index (χ3n) is 7.46.